The highest BCUT2D eigenvalue weighted by Gasteiger charge is 2.42. The average molecular weight is 235 g/mol. The number of allylic oxidation sites excluding steroid dienone is 1. The molecule has 0 heterocycles. The topological polar surface area (TPSA) is 32.3 Å². The fraction of sp³-hybridized carbons (Fsp3) is 0.867. The van der Waals surface area contributed by atoms with E-state index in [1.54, 1.807) is 0 Å². The minimum atomic E-state index is 0.200. The molecule has 3 rings (SSSR count). The lowest BCUT2D eigenvalue weighted by Crippen LogP contribution is -2.52. The number of rotatable bonds is 4. The zero-order valence-corrected chi connectivity index (χ0v) is 10.7. The van der Waals surface area contributed by atoms with Gasteiger partial charge in [-0.05, 0) is 37.5 Å². The lowest BCUT2D eigenvalue weighted by molar-refractivity contribution is 0.0627. The van der Waals surface area contributed by atoms with Crippen LogP contribution in [0.25, 0.3) is 0 Å². The summed E-state index contributed by atoms with van der Waals surface area (Å²) in [4.78, 5) is 0. The van der Waals surface area contributed by atoms with Gasteiger partial charge in [0.1, 0.15) is 0 Å². The van der Waals surface area contributed by atoms with Crippen molar-refractivity contribution >= 4 is 0 Å². The predicted molar refractivity (Wildman–Crippen MR) is 69.7 cm³/mol. The Morgan fingerprint density at radius 3 is 2.76 bits per heavy atom. The molecule has 0 radical (unpaired) electrons. The fourth-order valence-electron chi connectivity index (χ4n) is 3.99. The average Bonchev–Trinajstić information content (AvgIpc) is 2.72. The predicted octanol–water partition coefficient (Wildman–Crippen LogP) is 2.48. The second-order valence-electron chi connectivity index (χ2n) is 6.44. The summed E-state index contributed by atoms with van der Waals surface area (Å²) in [6, 6.07) is 0.698. The molecule has 0 amide bonds. The number of aliphatic hydroxyl groups is 1. The SMILES string of the molecule is OCC1(CNC2CC3CC=CC32)CCCCC1. The first-order valence-electron chi connectivity index (χ1n) is 7.34. The Bertz CT molecular complexity index is 293. The smallest absolute Gasteiger partial charge is 0.0499 e. The molecule has 3 aliphatic carbocycles. The molecule has 0 bridgehead atoms. The van der Waals surface area contributed by atoms with Gasteiger partial charge in [0.25, 0.3) is 0 Å². The van der Waals surface area contributed by atoms with Crippen molar-refractivity contribution in [2.24, 2.45) is 17.3 Å². The molecule has 3 aliphatic rings. The van der Waals surface area contributed by atoms with E-state index in [0.29, 0.717) is 12.6 Å². The van der Waals surface area contributed by atoms with E-state index in [4.69, 9.17) is 0 Å². The summed E-state index contributed by atoms with van der Waals surface area (Å²) in [5, 5.41) is 13.4. The number of hydrogen-bond donors (Lipinski definition) is 2. The molecule has 2 nitrogen and oxygen atoms in total. The van der Waals surface area contributed by atoms with E-state index in [0.717, 1.165) is 18.4 Å². The van der Waals surface area contributed by atoms with Crippen LogP contribution in [-0.4, -0.2) is 24.3 Å². The maximum absolute atomic E-state index is 9.68. The standard InChI is InChI=1S/C15H25NO/c17-11-15(7-2-1-3-8-15)10-16-14-9-12-5-4-6-13(12)14/h4,6,12-14,16-17H,1-3,5,7-11H2. The highest BCUT2D eigenvalue weighted by atomic mass is 16.3. The summed E-state index contributed by atoms with van der Waals surface area (Å²) in [5.41, 5.74) is 0.200. The van der Waals surface area contributed by atoms with Crippen molar-refractivity contribution in [1.82, 2.24) is 5.32 Å². The van der Waals surface area contributed by atoms with Gasteiger partial charge < -0.3 is 10.4 Å². The van der Waals surface area contributed by atoms with E-state index in [2.05, 4.69) is 17.5 Å². The molecule has 0 spiro atoms. The molecule has 17 heavy (non-hydrogen) atoms. The Balaban J connectivity index is 1.51. The van der Waals surface area contributed by atoms with Gasteiger partial charge >= 0.3 is 0 Å². The van der Waals surface area contributed by atoms with Crippen LogP contribution in [0.5, 0.6) is 0 Å². The first-order chi connectivity index (χ1) is 8.33. The third kappa shape index (κ3) is 2.17. The van der Waals surface area contributed by atoms with E-state index in [1.165, 1.54) is 44.9 Å². The zero-order chi connectivity index (χ0) is 11.7. The fourth-order valence-corrected chi connectivity index (χ4v) is 3.99. The molecule has 0 aromatic carbocycles. The highest BCUT2D eigenvalue weighted by molar-refractivity contribution is 5.13. The molecule has 3 atom stereocenters. The molecule has 2 saturated carbocycles. The van der Waals surface area contributed by atoms with Gasteiger partial charge in [-0.25, -0.2) is 0 Å². The molecule has 2 heteroatoms. The third-order valence-corrected chi connectivity index (χ3v) is 5.35. The van der Waals surface area contributed by atoms with Crippen molar-refractivity contribution in [3.63, 3.8) is 0 Å². The van der Waals surface area contributed by atoms with Crippen molar-refractivity contribution < 1.29 is 5.11 Å². The van der Waals surface area contributed by atoms with Crippen LogP contribution in [0, 0.1) is 17.3 Å². The van der Waals surface area contributed by atoms with E-state index in [-0.39, 0.29) is 5.41 Å². The molecule has 0 aromatic heterocycles. The van der Waals surface area contributed by atoms with Crippen LogP contribution in [-0.2, 0) is 0 Å². The molecular weight excluding hydrogens is 210 g/mol. The molecule has 0 aliphatic heterocycles. The second-order valence-corrected chi connectivity index (χ2v) is 6.44. The van der Waals surface area contributed by atoms with Crippen molar-refractivity contribution in [1.29, 1.82) is 0 Å². The van der Waals surface area contributed by atoms with E-state index < -0.39 is 0 Å². The van der Waals surface area contributed by atoms with Crippen LogP contribution < -0.4 is 5.32 Å². The number of nitrogens with one attached hydrogen (secondary N) is 1. The molecule has 2 N–H and O–H groups in total. The van der Waals surface area contributed by atoms with Crippen LogP contribution >= 0.6 is 0 Å². The van der Waals surface area contributed by atoms with E-state index in [9.17, 15) is 5.11 Å². The lowest BCUT2D eigenvalue weighted by Gasteiger charge is -2.44. The van der Waals surface area contributed by atoms with Crippen LogP contribution in [0.4, 0.5) is 0 Å². The van der Waals surface area contributed by atoms with Gasteiger partial charge in [-0.2, -0.15) is 0 Å². The van der Waals surface area contributed by atoms with Crippen molar-refractivity contribution in [2.75, 3.05) is 13.2 Å². The van der Waals surface area contributed by atoms with Gasteiger partial charge in [0.15, 0.2) is 0 Å². The van der Waals surface area contributed by atoms with Crippen molar-refractivity contribution in [2.45, 2.75) is 51.0 Å². The molecule has 96 valence electrons. The van der Waals surface area contributed by atoms with Gasteiger partial charge in [-0.15, -0.1) is 0 Å². The Hall–Kier alpha value is -0.340. The second kappa shape index (κ2) is 4.74. The summed E-state index contributed by atoms with van der Waals surface area (Å²) in [5.74, 6) is 1.73. The molecule has 3 unspecified atom stereocenters. The van der Waals surface area contributed by atoms with Gasteiger partial charge in [-0.1, -0.05) is 31.4 Å². The zero-order valence-electron chi connectivity index (χ0n) is 10.7. The Morgan fingerprint density at radius 2 is 2.06 bits per heavy atom. The highest BCUT2D eigenvalue weighted by Crippen LogP contribution is 2.43. The Labute approximate surface area is 104 Å². The van der Waals surface area contributed by atoms with Crippen LogP contribution in [0.2, 0.25) is 0 Å². The number of hydrogen-bond acceptors (Lipinski definition) is 2. The third-order valence-electron chi connectivity index (χ3n) is 5.35. The first-order valence-corrected chi connectivity index (χ1v) is 7.34. The molecule has 0 saturated heterocycles. The maximum Gasteiger partial charge on any atom is 0.0499 e. The molecular formula is C15H25NO. The van der Waals surface area contributed by atoms with Gasteiger partial charge in [-0.3, -0.25) is 0 Å². The minimum Gasteiger partial charge on any atom is -0.396 e. The molecule has 0 aromatic rings. The number of fused-ring (bicyclic) bond motifs is 1. The van der Waals surface area contributed by atoms with Gasteiger partial charge in [0, 0.05) is 24.6 Å². The van der Waals surface area contributed by atoms with Crippen LogP contribution in [0.3, 0.4) is 0 Å². The van der Waals surface area contributed by atoms with E-state index in [1.807, 2.05) is 0 Å². The summed E-state index contributed by atoms with van der Waals surface area (Å²) in [6.45, 7) is 1.40. The van der Waals surface area contributed by atoms with E-state index >= 15 is 0 Å². The van der Waals surface area contributed by atoms with Gasteiger partial charge in [0.2, 0.25) is 0 Å². The lowest BCUT2D eigenvalue weighted by atomic mass is 9.70. The summed E-state index contributed by atoms with van der Waals surface area (Å²) < 4.78 is 0. The normalized spacial score (nSPS) is 38.8. The minimum absolute atomic E-state index is 0.200. The Kier molecular flexibility index (Phi) is 3.27. The van der Waals surface area contributed by atoms with Crippen LogP contribution in [0.1, 0.15) is 44.9 Å². The van der Waals surface area contributed by atoms with Gasteiger partial charge in [0.05, 0.1) is 0 Å². The van der Waals surface area contributed by atoms with Crippen molar-refractivity contribution in [3.8, 4) is 0 Å². The summed E-state index contributed by atoms with van der Waals surface area (Å²) in [7, 11) is 0. The first kappa shape index (κ1) is 11.7. The monoisotopic (exact) mass is 235 g/mol. The number of aliphatic hydroxyl groups excluding tert-OH is 1. The van der Waals surface area contributed by atoms with Crippen molar-refractivity contribution in [3.05, 3.63) is 12.2 Å². The maximum atomic E-state index is 9.68. The largest absolute Gasteiger partial charge is 0.396 e. The quantitative estimate of drug-likeness (QED) is 0.734. The summed E-state index contributed by atoms with van der Waals surface area (Å²) in [6.07, 6.45) is 13.8. The molecule has 2 fully saturated rings. The Morgan fingerprint density at radius 1 is 1.24 bits per heavy atom. The van der Waals surface area contributed by atoms with Crippen LogP contribution in [0.15, 0.2) is 12.2 Å². The summed E-state index contributed by atoms with van der Waals surface area (Å²) >= 11 is 0.